The molecule has 0 spiro atoms. The van der Waals surface area contributed by atoms with Crippen molar-refractivity contribution in [3.05, 3.63) is 54.4 Å². The molecule has 0 saturated carbocycles. The van der Waals surface area contributed by atoms with Crippen molar-refractivity contribution in [2.45, 2.75) is 0 Å². The minimum absolute atomic E-state index is 0.0898. The number of pyridine rings is 1. The summed E-state index contributed by atoms with van der Waals surface area (Å²) in [5.74, 6) is -0.0898. The summed E-state index contributed by atoms with van der Waals surface area (Å²) < 4.78 is 0. The van der Waals surface area contributed by atoms with E-state index in [1.165, 1.54) is 18.7 Å². The Morgan fingerprint density at radius 1 is 0.929 bits per heavy atom. The fourth-order valence-electron chi connectivity index (χ4n) is 1.09. The predicted octanol–water partition coefficient (Wildman–Crippen LogP) is 1.10. The van der Waals surface area contributed by atoms with Gasteiger partial charge in [-0.1, -0.05) is 0 Å². The quantitative estimate of drug-likeness (QED) is 0.657. The van der Waals surface area contributed by atoms with E-state index in [2.05, 4.69) is 15.0 Å². The van der Waals surface area contributed by atoms with Gasteiger partial charge in [0.15, 0.2) is 5.78 Å². The Morgan fingerprint density at radius 3 is 2.21 bits per heavy atom. The van der Waals surface area contributed by atoms with Gasteiger partial charge in [0, 0.05) is 30.4 Å². The van der Waals surface area contributed by atoms with Crippen LogP contribution in [0.3, 0.4) is 0 Å². The third kappa shape index (κ3) is 1.64. The Bertz CT molecular complexity index is 386. The molecule has 0 unspecified atom stereocenters. The number of carbonyl (C=O) groups excluding carboxylic acids is 1. The van der Waals surface area contributed by atoms with E-state index in [-0.39, 0.29) is 5.78 Å². The summed E-state index contributed by atoms with van der Waals surface area (Å²) in [6.07, 6.45) is 7.54. The third-order valence-electron chi connectivity index (χ3n) is 1.77. The van der Waals surface area contributed by atoms with E-state index in [1.54, 1.807) is 24.5 Å². The SMILES string of the molecule is O=C(c1ccncc1)c1cncnc1. The van der Waals surface area contributed by atoms with E-state index in [1.807, 2.05) is 0 Å². The second-order valence-corrected chi connectivity index (χ2v) is 2.69. The largest absolute Gasteiger partial charge is 0.288 e. The molecule has 2 aromatic rings. The summed E-state index contributed by atoms with van der Waals surface area (Å²) in [5.41, 5.74) is 1.08. The predicted molar refractivity (Wildman–Crippen MR) is 49.7 cm³/mol. The smallest absolute Gasteiger partial charge is 0.196 e. The molecular weight excluding hydrogens is 178 g/mol. The van der Waals surface area contributed by atoms with Gasteiger partial charge >= 0.3 is 0 Å². The van der Waals surface area contributed by atoms with E-state index >= 15 is 0 Å². The van der Waals surface area contributed by atoms with Crippen LogP contribution in [0, 0.1) is 0 Å². The van der Waals surface area contributed by atoms with Crippen molar-refractivity contribution in [3.63, 3.8) is 0 Å². The minimum atomic E-state index is -0.0898. The lowest BCUT2D eigenvalue weighted by Gasteiger charge is -1.97. The summed E-state index contributed by atoms with van der Waals surface area (Å²) in [7, 11) is 0. The maximum atomic E-state index is 11.7. The molecule has 0 N–H and O–H groups in total. The summed E-state index contributed by atoms with van der Waals surface area (Å²) in [5, 5.41) is 0. The molecule has 0 aromatic carbocycles. The lowest BCUT2D eigenvalue weighted by Crippen LogP contribution is -2.02. The average molecular weight is 185 g/mol. The van der Waals surface area contributed by atoms with Crippen LogP contribution in [0.1, 0.15) is 15.9 Å². The number of ketones is 1. The van der Waals surface area contributed by atoms with Crippen molar-refractivity contribution in [3.8, 4) is 0 Å². The highest BCUT2D eigenvalue weighted by Gasteiger charge is 2.07. The van der Waals surface area contributed by atoms with Gasteiger partial charge in [0.05, 0.1) is 5.56 Å². The summed E-state index contributed by atoms with van der Waals surface area (Å²) in [6, 6.07) is 3.32. The molecule has 0 aliphatic rings. The van der Waals surface area contributed by atoms with Crippen LogP contribution in [0.15, 0.2) is 43.2 Å². The summed E-state index contributed by atoms with van der Waals surface area (Å²) >= 11 is 0. The molecule has 0 aliphatic carbocycles. The monoisotopic (exact) mass is 185 g/mol. The van der Waals surface area contributed by atoms with Crippen LogP contribution < -0.4 is 0 Å². The fraction of sp³-hybridized carbons (Fsp3) is 0. The number of aromatic nitrogens is 3. The number of carbonyl (C=O) groups is 1. The van der Waals surface area contributed by atoms with E-state index in [0.717, 1.165) is 0 Å². The Hall–Kier alpha value is -2.10. The molecule has 0 aliphatic heterocycles. The first-order valence-electron chi connectivity index (χ1n) is 4.07. The van der Waals surface area contributed by atoms with Gasteiger partial charge in [-0.2, -0.15) is 0 Å². The molecule has 68 valence electrons. The van der Waals surface area contributed by atoms with Crippen LogP contribution in [-0.2, 0) is 0 Å². The van der Waals surface area contributed by atoms with Gasteiger partial charge in [-0.3, -0.25) is 9.78 Å². The topological polar surface area (TPSA) is 55.7 Å². The van der Waals surface area contributed by atoms with E-state index in [4.69, 9.17) is 0 Å². The molecule has 0 radical (unpaired) electrons. The van der Waals surface area contributed by atoms with Crippen molar-refractivity contribution in [1.82, 2.24) is 15.0 Å². The van der Waals surface area contributed by atoms with E-state index in [9.17, 15) is 4.79 Å². The molecule has 2 heterocycles. The van der Waals surface area contributed by atoms with Crippen LogP contribution >= 0.6 is 0 Å². The second-order valence-electron chi connectivity index (χ2n) is 2.69. The highest BCUT2D eigenvalue weighted by Crippen LogP contribution is 2.05. The number of rotatable bonds is 2. The summed E-state index contributed by atoms with van der Waals surface area (Å²) in [4.78, 5) is 23.1. The maximum Gasteiger partial charge on any atom is 0.196 e. The molecule has 2 rings (SSSR count). The molecule has 14 heavy (non-hydrogen) atoms. The van der Waals surface area contributed by atoms with Crippen LogP contribution in [0.4, 0.5) is 0 Å². The van der Waals surface area contributed by atoms with Gasteiger partial charge in [-0.15, -0.1) is 0 Å². The second kappa shape index (κ2) is 3.74. The minimum Gasteiger partial charge on any atom is -0.288 e. The van der Waals surface area contributed by atoms with Gasteiger partial charge in [0.1, 0.15) is 6.33 Å². The van der Waals surface area contributed by atoms with Gasteiger partial charge in [-0.05, 0) is 12.1 Å². The Kier molecular flexibility index (Phi) is 2.27. The number of hydrogen-bond acceptors (Lipinski definition) is 4. The first kappa shape index (κ1) is 8.50. The molecule has 0 bridgehead atoms. The molecule has 0 amide bonds. The standard InChI is InChI=1S/C10H7N3O/c14-10(8-1-3-11-4-2-8)9-5-12-7-13-6-9/h1-7H. The Morgan fingerprint density at radius 2 is 1.57 bits per heavy atom. The molecule has 4 heteroatoms. The van der Waals surface area contributed by atoms with Crippen LogP contribution in [-0.4, -0.2) is 20.7 Å². The zero-order chi connectivity index (χ0) is 9.80. The van der Waals surface area contributed by atoms with Gasteiger partial charge in [0.2, 0.25) is 0 Å². The molecule has 0 atom stereocenters. The van der Waals surface area contributed by atoms with E-state index < -0.39 is 0 Å². The number of nitrogens with zero attached hydrogens (tertiary/aromatic N) is 3. The van der Waals surface area contributed by atoms with Crippen LogP contribution in [0.2, 0.25) is 0 Å². The first-order chi connectivity index (χ1) is 6.88. The van der Waals surface area contributed by atoms with Crippen molar-refractivity contribution < 1.29 is 4.79 Å². The lowest BCUT2D eigenvalue weighted by atomic mass is 10.1. The van der Waals surface area contributed by atoms with Crippen molar-refractivity contribution in [2.75, 3.05) is 0 Å². The van der Waals surface area contributed by atoms with E-state index in [0.29, 0.717) is 11.1 Å². The van der Waals surface area contributed by atoms with Crippen LogP contribution in [0.5, 0.6) is 0 Å². The molecule has 2 aromatic heterocycles. The van der Waals surface area contributed by atoms with Crippen molar-refractivity contribution in [2.24, 2.45) is 0 Å². The maximum absolute atomic E-state index is 11.7. The molecular formula is C10H7N3O. The first-order valence-corrected chi connectivity index (χ1v) is 4.07. The molecule has 4 nitrogen and oxygen atoms in total. The zero-order valence-corrected chi connectivity index (χ0v) is 7.29. The van der Waals surface area contributed by atoms with Crippen molar-refractivity contribution >= 4 is 5.78 Å². The third-order valence-corrected chi connectivity index (χ3v) is 1.77. The average Bonchev–Trinajstić information content (AvgIpc) is 2.30. The highest BCUT2D eigenvalue weighted by atomic mass is 16.1. The summed E-state index contributed by atoms with van der Waals surface area (Å²) in [6.45, 7) is 0. The normalized spacial score (nSPS) is 9.71. The van der Waals surface area contributed by atoms with Gasteiger partial charge < -0.3 is 0 Å². The van der Waals surface area contributed by atoms with Crippen molar-refractivity contribution in [1.29, 1.82) is 0 Å². The number of hydrogen-bond donors (Lipinski definition) is 0. The van der Waals surface area contributed by atoms with Gasteiger partial charge in [-0.25, -0.2) is 9.97 Å². The Balaban J connectivity index is 2.35. The highest BCUT2D eigenvalue weighted by molar-refractivity contribution is 6.08. The van der Waals surface area contributed by atoms with Gasteiger partial charge in [0.25, 0.3) is 0 Å². The molecule has 0 saturated heterocycles. The fourth-order valence-corrected chi connectivity index (χ4v) is 1.09. The van der Waals surface area contributed by atoms with Crippen LogP contribution in [0.25, 0.3) is 0 Å². The lowest BCUT2D eigenvalue weighted by molar-refractivity contribution is 0.103. The Labute approximate surface area is 80.7 Å². The molecule has 0 fully saturated rings. The zero-order valence-electron chi connectivity index (χ0n) is 7.29.